The maximum absolute atomic E-state index is 14.6. The number of aliphatic carboxylic acids is 1. The fourth-order valence-electron chi connectivity index (χ4n) is 4.71. The summed E-state index contributed by atoms with van der Waals surface area (Å²) in [5.74, 6) is -1.03. The monoisotopic (exact) mass is 512 g/mol. The van der Waals surface area contributed by atoms with Crippen molar-refractivity contribution >= 4 is 23.0 Å². The van der Waals surface area contributed by atoms with Crippen LogP contribution in [0.1, 0.15) is 39.3 Å². The van der Waals surface area contributed by atoms with Crippen LogP contribution in [-0.4, -0.2) is 62.7 Å². The summed E-state index contributed by atoms with van der Waals surface area (Å²) in [5, 5.41) is 15.0. The van der Waals surface area contributed by atoms with E-state index in [1.165, 1.54) is 17.0 Å². The topological polar surface area (TPSA) is 120 Å². The molecule has 1 aliphatic rings. The molecule has 37 heavy (non-hydrogen) atoms. The van der Waals surface area contributed by atoms with E-state index in [2.05, 4.69) is 5.10 Å². The lowest BCUT2D eigenvalue weighted by Gasteiger charge is -2.26. The molecular formula is C27H33FN4O5. The van der Waals surface area contributed by atoms with E-state index in [1.807, 2.05) is 13.1 Å². The van der Waals surface area contributed by atoms with Crippen molar-refractivity contribution < 1.29 is 28.6 Å². The zero-order valence-electron chi connectivity index (χ0n) is 21.5. The molecule has 2 aromatic carbocycles. The first kappa shape index (κ1) is 26.4. The summed E-state index contributed by atoms with van der Waals surface area (Å²) >= 11 is 0. The van der Waals surface area contributed by atoms with Crippen LogP contribution in [-0.2, 0) is 23.0 Å². The highest BCUT2D eigenvalue weighted by molar-refractivity contribution is 5.97. The molecule has 9 nitrogen and oxygen atoms in total. The number of rotatable bonds is 7. The third-order valence-corrected chi connectivity index (χ3v) is 6.26. The van der Waals surface area contributed by atoms with Crippen molar-refractivity contribution in [1.29, 1.82) is 0 Å². The van der Waals surface area contributed by atoms with Gasteiger partial charge in [-0.1, -0.05) is 12.1 Å². The number of carbonyl (C=O) groups excluding carboxylic acids is 1. The van der Waals surface area contributed by atoms with Crippen molar-refractivity contribution in [3.63, 3.8) is 0 Å². The van der Waals surface area contributed by atoms with Gasteiger partial charge in [-0.05, 0) is 69.5 Å². The standard InChI is InChI=1S/C27H33FN4O5/c1-27(2,3)37-26(35)32-15-19(14-23(32)25(33)34)36-18-8-5-7-16(11-18)20-12-17(28)13-21-24(20)22(9-6-10-29)31(4)30-21/h5,7-8,11-13,19,23H,6,9-10,14-15,29H2,1-4H3,(H,33,34)/t19-,23-/m0/s1. The molecule has 2 atom stereocenters. The molecule has 1 aliphatic heterocycles. The number of amides is 1. The number of halogens is 1. The van der Waals surface area contributed by atoms with Gasteiger partial charge in [-0.25, -0.2) is 14.0 Å². The Morgan fingerprint density at radius 3 is 2.68 bits per heavy atom. The van der Waals surface area contributed by atoms with E-state index < -0.39 is 35.6 Å². The number of nitrogens with zero attached hydrogens (tertiary/aromatic N) is 3. The van der Waals surface area contributed by atoms with Crippen LogP contribution in [0.5, 0.6) is 5.75 Å². The van der Waals surface area contributed by atoms with Crippen LogP contribution < -0.4 is 10.5 Å². The number of ether oxygens (including phenoxy) is 2. The zero-order valence-corrected chi connectivity index (χ0v) is 21.5. The average Bonchev–Trinajstić information content (AvgIpc) is 3.37. The molecule has 10 heteroatoms. The van der Waals surface area contributed by atoms with Gasteiger partial charge in [0, 0.05) is 30.6 Å². The molecule has 3 aromatic rings. The molecule has 1 saturated heterocycles. The number of hydrogen-bond donors (Lipinski definition) is 2. The largest absolute Gasteiger partial charge is 0.488 e. The number of benzene rings is 2. The normalized spacial score (nSPS) is 17.8. The van der Waals surface area contributed by atoms with Crippen molar-refractivity contribution in [2.24, 2.45) is 12.8 Å². The third kappa shape index (κ3) is 5.85. The number of aryl methyl sites for hydroxylation is 2. The Labute approximate surface area is 214 Å². The van der Waals surface area contributed by atoms with Gasteiger partial charge in [0.2, 0.25) is 0 Å². The summed E-state index contributed by atoms with van der Waals surface area (Å²) in [6.07, 6.45) is 0.361. The van der Waals surface area contributed by atoms with Gasteiger partial charge in [-0.2, -0.15) is 5.10 Å². The molecule has 3 N–H and O–H groups in total. The van der Waals surface area contributed by atoms with Gasteiger partial charge in [0.25, 0.3) is 0 Å². The fourth-order valence-corrected chi connectivity index (χ4v) is 4.71. The number of aromatic nitrogens is 2. The lowest BCUT2D eigenvalue weighted by atomic mass is 9.98. The van der Waals surface area contributed by atoms with Gasteiger partial charge in [0.05, 0.1) is 12.1 Å². The molecule has 0 bridgehead atoms. The molecule has 0 radical (unpaired) electrons. The maximum Gasteiger partial charge on any atom is 0.411 e. The van der Waals surface area contributed by atoms with Crippen molar-refractivity contribution in [3.8, 4) is 16.9 Å². The minimum atomic E-state index is -1.12. The Bertz CT molecular complexity index is 1320. The fraction of sp³-hybridized carbons (Fsp3) is 0.444. The smallest absolute Gasteiger partial charge is 0.411 e. The molecule has 0 saturated carbocycles. The zero-order chi connectivity index (χ0) is 26.9. The number of hydrogen-bond acceptors (Lipinski definition) is 6. The first-order valence-electron chi connectivity index (χ1n) is 12.3. The summed E-state index contributed by atoms with van der Waals surface area (Å²) in [4.78, 5) is 25.6. The summed E-state index contributed by atoms with van der Waals surface area (Å²) < 4.78 is 27.8. The lowest BCUT2D eigenvalue weighted by molar-refractivity contribution is -0.142. The van der Waals surface area contributed by atoms with Crippen molar-refractivity contribution in [2.75, 3.05) is 13.1 Å². The van der Waals surface area contributed by atoms with Crippen LogP contribution in [0.2, 0.25) is 0 Å². The Morgan fingerprint density at radius 1 is 1.24 bits per heavy atom. The summed E-state index contributed by atoms with van der Waals surface area (Å²) in [5.41, 5.74) is 7.92. The molecule has 4 rings (SSSR count). The lowest BCUT2D eigenvalue weighted by Crippen LogP contribution is -2.43. The van der Waals surface area contributed by atoms with Gasteiger partial charge in [0.15, 0.2) is 0 Å². The van der Waals surface area contributed by atoms with Crippen LogP contribution in [0.25, 0.3) is 22.0 Å². The SMILES string of the molecule is Cn1nc2cc(F)cc(-c3cccc(O[C@H]4C[C@@H](C(=O)O)N(C(=O)OC(C)(C)C)C4)c3)c2c1CCCN. The van der Waals surface area contributed by atoms with Crippen LogP contribution in [0.3, 0.4) is 0 Å². The van der Waals surface area contributed by atoms with Crippen LogP contribution in [0.15, 0.2) is 36.4 Å². The van der Waals surface area contributed by atoms with Crippen LogP contribution in [0.4, 0.5) is 9.18 Å². The van der Waals surface area contributed by atoms with E-state index in [-0.39, 0.29) is 13.0 Å². The molecule has 1 aromatic heterocycles. The van der Waals surface area contributed by atoms with E-state index in [9.17, 15) is 19.1 Å². The number of carbonyl (C=O) groups is 2. The molecular weight excluding hydrogens is 479 g/mol. The van der Waals surface area contributed by atoms with E-state index in [0.29, 0.717) is 29.8 Å². The Morgan fingerprint density at radius 2 is 2.00 bits per heavy atom. The number of nitrogens with two attached hydrogens (primary N) is 1. The van der Waals surface area contributed by atoms with Gasteiger partial charge in [0.1, 0.15) is 29.3 Å². The van der Waals surface area contributed by atoms with Crippen LogP contribution >= 0.6 is 0 Å². The number of carboxylic acids is 1. The van der Waals surface area contributed by atoms with E-state index >= 15 is 0 Å². The van der Waals surface area contributed by atoms with Gasteiger partial charge in [-0.15, -0.1) is 0 Å². The van der Waals surface area contributed by atoms with Gasteiger partial charge >= 0.3 is 12.1 Å². The highest BCUT2D eigenvalue weighted by atomic mass is 19.1. The second-order valence-electron chi connectivity index (χ2n) is 10.3. The highest BCUT2D eigenvalue weighted by Gasteiger charge is 2.42. The summed E-state index contributed by atoms with van der Waals surface area (Å²) in [7, 11) is 1.84. The van der Waals surface area contributed by atoms with E-state index in [4.69, 9.17) is 15.2 Å². The van der Waals surface area contributed by atoms with Crippen molar-refractivity contribution in [1.82, 2.24) is 14.7 Å². The Hall–Kier alpha value is -3.66. The Balaban J connectivity index is 1.62. The summed E-state index contributed by atoms with van der Waals surface area (Å²) in [6.45, 7) is 5.79. The first-order chi connectivity index (χ1) is 17.5. The predicted octanol–water partition coefficient (Wildman–Crippen LogP) is 4.11. The average molecular weight is 513 g/mol. The summed E-state index contributed by atoms with van der Waals surface area (Å²) in [6, 6.07) is 9.06. The minimum absolute atomic E-state index is 0.0756. The second kappa shape index (κ2) is 10.4. The molecule has 0 spiro atoms. The maximum atomic E-state index is 14.6. The third-order valence-electron chi connectivity index (χ3n) is 6.26. The molecule has 2 heterocycles. The second-order valence-corrected chi connectivity index (χ2v) is 10.3. The van der Waals surface area contributed by atoms with Crippen molar-refractivity contribution in [3.05, 3.63) is 47.9 Å². The predicted molar refractivity (Wildman–Crippen MR) is 137 cm³/mol. The highest BCUT2D eigenvalue weighted by Crippen LogP contribution is 2.35. The van der Waals surface area contributed by atoms with E-state index in [0.717, 1.165) is 23.1 Å². The molecule has 0 unspecified atom stereocenters. The molecule has 0 aliphatic carbocycles. The van der Waals surface area contributed by atoms with E-state index in [1.54, 1.807) is 43.7 Å². The Kier molecular flexibility index (Phi) is 7.40. The van der Waals surface area contributed by atoms with Gasteiger partial charge < -0.3 is 20.3 Å². The molecule has 1 amide bonds. The molecule has 1 fully saturated rings. The number of carboxylic acid groups (broad SMARTS) is 1. The molecule has 198 valence electrons. The van der Waals surface area contributed by atoms with Gasteiger partial charge in [-0.3, -0.25) is 9.58 Å². The van der Waals surface area contributed by atoms with Crippen molar-refractivity contribution in [2.45, 2.75) is 57.8 Å². The minimum Gasteiger partial charge on any atom is -0.488 e. The quantitative estimate of drug-likeness (QED) is 0.489. The first-order valence-corrected chi connectivity index (χ1v) is 12.3. The van der Waals surface area contributed by atoms with Crippen LogP contribution in [0, 0.1) is 5.82 Å². The number of fused-ring (bicyclic) bond motifs is 1. The number of likely N-dealkylation sites (tertiary alicyclic amines) is 1.